The fraction of sp³-hybridized carbons (Fsp3) is 0.161. The fourth-order valence-electron chi connectivity index (χ4n) is 3.88. The van der Waals surface area contributed by atoms with Crippen LogP contribution in [0.15, 0.2) is 113 Å². The molecule has 0 heterocycles. The highest BCUT2D eigenvalue weighted by Gasteiger charge is 2.26. The van der Waals surface area contributed by atoms with Crippen LogP contribution in [0.1, 0.15) is 22.3 Å². The Kier molecular flexibility index (Phi) is 9.66. The molecule has 1 amide bonds. The monoisotopic (exact) mass is 557 g/mol. The number of nitrogens with one attached hydrogen (secondary N) is 2. The van der Waals surface area contributed by atoms with Crippen LogP contribution < -0.4 is 19.6 Å². The Morgan fingerprint density at radius 1 is 0.875 bits per heavy atom. The number of benzene rings is 4. The van der Waals surface area contributed by atoms with Gasteiger partial charge in [-0.05, 0) is 60.4 Å². The van der Waals surface area contributed by atoms with Gasteiger partial charge in [-0.15, -0.1) is 0 Å². The Morgan fingerprint density at radius 2 is 1.52 bits per heavy atom. The molecule has 2 N–H and O–H groups in total. The molecule has 0 radical (unpaired) electrons. The molecule has 0 aliphatic carbocycles. The highest BCUT2D eigenvalue weighted by molar-refractivity contribution is 7.89. The van der Waals surface area contributed by atoms with Crippen molar-refractivity contribution in [3.8, 4) is 11.5 Å². The lowest BCUT2D eigenvalue weighted by Gasteiger charge is -2.17. The Labute approximate surface area is 234 Å². The van der Waals surface area contributed by atoms with E-state index in [4.69, 9.17) is 9.47 Å². The first kappa shape index (κ1) is 28.5. The predicted molar refractivity (Wildman–Crippen MR) is 155 cm³/mol. The molecule has 0 fully saturated rings. The molecule has 206 valence electrons. The van der Waals surface area contributed by atoms with E-state index in [1.54, 1.807) is 37.4 Å². The second kappa shape index (κ2) is 13.5. The first-order chi connectivity index (χ1) is 19.3. The van der Waals surface area contributed by atoms with Gasteiger partial charge in [0.2, 0.25) is 10.0 Å². The molecule has 0 aliphatic heterocycles. The summed E-state index contributed by atoms with van der Waals surface area (Å²) in [4.78, 5) is 13.2. The van der Waals surface area contributed by atoms with Gasteiger partial charge < -0.3 is 9.47 Å². The lowest BCUT2D eigenvalue weighted by molar-refractivity contribution is -0.122. The number of sulfonamides is 1. The molecule has 40 heavy (non-hydrogen) atoms. The van der Waals surface area contributed by atoms with Gasteiger partial charge in [0.05, 0.1) is 18.2 Å². The Bertz CT molecular complexity index is 1540. The van der Waals surface area contributed by atoms with Crippen LogP contribution in [0.25, 0.3) is 0 Å². The van der Waals surface area contributed by atoms with Crippen LogP contribution >= 0.6 is 0 Å². The third-order valence-electron chi connectivity index (χ3n) is 6.04. The van der Waals surface area contributed by atoms with Crippen molar-refractivity contribution in [1.29, 1.82) is 0 Å². The van der Waals surface area contributed by atoms with Crippen LogP contribution in [-0.2, 0) is 27.8 Å². The number of methoxy groups -OCH3 is 1. The van der Waals surface area contributed by atoms with E-state index in [2.05, 4.69) is 15.2 Å². The number of hydrogen-bond donors (Lipinski definition) is 2. The van der Waals surface area contributed by atoms with Crippen molar-refractivity contribution in [1.82, 2.24) is 10.1 Å². The summed E-state index contributed by atoms with van der Waals surface area (Å²) >= 11 is 0. The van der Waals surface area contributed by atoms with Gasteiger partial charge in [0.15, 0.2) is 11.5 Å². The van der Waals surface area contributed by atoms with Gasteiger partial charge in [-0.1, -0.05) is 78.4 Å². The summed E-state index contributed by atoms with van der Waals surface area (Å²) in [6.07, 6.45) is 1.60. The van der Waals surface area contributed by atoms with Crippen molar-refractivity contribution >= 4 is 22.1 Å². The summed E-state index contributed by atoms with van der Waals surface area (Å²) in [7, 11) is -2.41. The average Bonchev–Trinajstić information content (AvgIpc) is 2.97. The minimum absolute atomic E-state index is 0.0779. The van der Waals surface area contributed by atoms with Crippen molar-refractivity contribution in [3.63, 3.8) is 0 Å². The van der Waals surface area contributed by atoms with Crippen molar-refractivity contribution in [2.45, 2.75) is 30.9 Å². The number of ether oxygens (including phenoxy) is 2. The van der Waals surface area contributed by atoms with Gasteiger partial charge in [-0.25, -0.2) is 13.8 Å². The molecular formula is C31H31N3O5S. The van der Waals surface area contributed by atoms with Crippen molar-refractivity contribution in [2.75, 3.05) is 7.11 Å². The molecule has 1 unspecified atom stereocenters. The molecule has 9 heteroatoms. The van der Waals surface area contributed by atoms with E-state index in [-0.39, 0.29) is 11.3 Å². The molecule has 1 atom stereocenters. The van der Waals surface area contributed by atoms with Crippen LogP contribution in [-0.4, -0.2) is 33.7 Å². The lowest BCUT2D eigenvalue weighted by atomic mass is 10.1. The zero-order valence-electron chi connectivity index (χ0n) is 22.3. The largest absolute Gasteiger partial charge is 0.493 e. The highest BCUT2D eigenvalue weighted by atomic mass is 32.2. The topological polar surface area (TPSA) is 106 Å². The molecule has 0 bridgehead atoms. The van der Waals surface area contributed by atoms with Gasteiger partial charge in [0.1, 0.15) is 12.6 Å². The van der Waals surface area contributed by atoms with Gasteiger partial charge in [-0.2, -0.15) is 9.82 Å². The zero-order valence-corrected chi connectivity index (χ0v) is 23.1. The number of amides is 1. The number of carbonyl (C=O) groups is 1. The van der Waals surface area contributed by atoms with Crippen LogP contribution in [0, 0.1) is 6.92 Å². The molecule has 4 aromatic rings. The molecule has 0 aliphatic rings. The summed E-state index contributed by atoms with van der Waals surface area (Å²) in [6.45, 7) is 2.26. The van der Waals surface area contributed by atoms with E-state index in [1.165, 1.54) is 18.3 Å². The minimum Gasteiger partial charge on any atom is -0.493 e. The number of hydrogen-bond acceptors (Lipinski definition) is 6. The molecule has 0 saturated carbocycles. The third kappa shape index (κ3) is 8.02. The highest BCUT2D eigenvalue weighted by Crippen LogP contribution is 2.28. The summed E-state index contributed by atoms with van der Waals surface area (Å²) in [5.41, 5.74) is 5.88. The van der Waals surface area contributed by atoms with Crippen molar-refractivity contribution in [3.05, 3.63) is 125 Å². The smallest absolute Gasteiger partial charge is 0.258 e. The predicted octanol–water partition coefficient (Wildman–Crippen LogP) is 4.62. The van der Waals surface area contributed by atoms with E-state index in [9.17, 15) is 13.2 Å². The quantitative estimate of drug-likeness (QED) is 0.195. The number of rotatable bonds is 12. The maximum absolute atomic E-state index is 13.1. The van der Waals surface area contributed by atoms with E-state index >= 15 is 0 Å². The first-order valence-electron chi connectivity index (χ1n) is 12.6. The molecular weight excluding hydrogens is 526 g/mol. The van der Waals surface area contributed by atoms with Crippen LogP contribution in [0.2, 0.25) is 0 Å². The van der Waals surface area contributed by atoms with Crippen molar-refractivity contribution in [2.24, 2.45) is 5.10 Å². The molecule has 0 aromatic heterocycles. The number of nitrogens with zero attached hydrogens (tertiary/aromatic N) is 1. The number of aryl methyl sites for hydroxylation is 1. The van der Waals surface area contributed by atoms with Crippen LogP contribution in [0.4, 0.5) is 0 Å². The average molecular weight is 558 g/mol. The summed E-state index contributed by atoms with van der Waals surface area (Å²) in [5.74, 6) is 0.491. The number of carbonyl (C=O) groups excluding carboxylic acids is 1. The molecule has 4 rings (SSSR count). The third-order valence-corrected chi connectivity index (χ3v) is 7.53. The maximum atomic E-state index is 13.1. The van der Waals surface area contributed by atoms with Gasteiger partial charge in [0, 0.05) is 0 Å². The lowest BCUT2D eigenvalue weighted by Crippen LogP contribution is -2.46. The van der Waals surface area contributed by atoms with E-state index in [1.807, 2.05) is 67.6 Å². The zero-order chi connectivity index (χ0) is 28.4. The van der Waals surface area contributed by atoms with Gasteiger partial charge >= 0.3 is 0 Å². The summed E-state index contributed by atoms with van der Waals surface area (Å²) in [5, 5.41) is 4.06. The van der Waals surface area contributed by atoms with E-state index in [0.717, 1.165) is 16.7 Å². The second-order valence-electron chi connectivity index (χ2n) is 9.10. The molecule has 4 aromatic carbocycles. The van der Waals surface area contributed by atoms with Crippen molar-refractivity contribution < 1.29 is 22.7 Å². The number of hydrazone groups is 1. The molecule has 0 saturated heterocycles. The second-order valence-corrected chi connectivity index (χ2v) is 10.8. The van der Waals surface area contributed by atoms with Crippen LogP contribution in [0.3, 0.4) is 0 Å². The van der Waals surface area contributed by atoms with E-state index < -0.39 is 22.0 Å². The molecule has 8 nitrogen and oxygen atoms in total. The fourth-order valence-corrected chi connectivity index (χ4v) is 5.07. The first-order valence-corrected chi connectivity index (χ1v) is 14.1. The Balaban J connectivity index is 1.45. The molecule has 0 spiro atoms. The van der Waals surface area contributed by atoms with Gasteiger partial charge in [0.25, 0.3) is 5.91 Å². The summed E-state index contributed by atoms with van der Waals surface area (Å²) < 4.78 is 39.9. The van der Waals surface area contributed by atoms with Gasteiger partial charge in [-0.3, -0.25) is 4.79 Å². The van der Waals surface area contributed by atoms with E-state index in [0.29, 0.717) is 23.7 Å². The maximum Gasteiger partial charge on any atom is 0.258 e. The standard InChI is InChI=1S/C31H31N3O5S/c1-23-13-16-27(17-14-23)40(36,37)34-28(19-24-9-5-3-6-10-24)31(35)33-32-21-26-15-18-29(30(20-26)38-2)39-22-25-11-7-4-8-12-25/h3-18,20-21,28,34H,19,22H2,1-2H3,(H,33,35). The van der Waals surface area contributed by atoms with Crippen LogP contribution in [0.5, 0.6) is 11.5 Å². The minimum atomic E-state index is -3.95. The Morgan fingerprint density at radius 3 is 2.17 bits per heavy atom. The normalized spacial score (nSPS) is 12.2. The summed E-state index contributed by atoms with van der Waals surface area (Å²) in [6, 6.07) is 29.6. The Hall–Kier alpha value is -4.47. The SMILES string of the molecule is COc1cc(C=NNC(=O)C(Cc2ccccc2)NS(=O)(=O)c2ccc(C)cc2)ccc1OCc1ccccc1.